The Labute approximate surface area is 198 Å². The summed E-state index contributed by atoms with van der Waals surface area (Å²) >= 11 is 12.0. The van der Waals surface area contributed by atoms with Crippen LogP contribution in [0.15, 0.2) is 47.5 Å². The van der Waals surface area contributed by atoms with Crippen LogP contribution < -0.4 is 22.1 Å². The number of carbonyl (C=O) groups is 4. The molecule has 33 heavy (non-hydrogen) atoms. The van der Waals surface area contributed by atoms with Gasteiger partial charge in [-0.2, -0.15) is 4.99 Å². The number of guanidine groups is 1. The first kappa shape index (κ1) is 25.6. The number of carbonyl (C=O) groups excluding carboxylic acids is 3. The molecular formula is C21H21Cl2N5O5. The SMILES string of the molecule is NC(=NC(=O)CC[C@H](NC(=O)c1ccc(N)cc1)C(=O)O)NC(=O)Cc1c(Cl)cccc1Cl. The van der Waals surface area contributed by atoms with E-state index in [0.717, 1.165) is 0 Å². The molecule has 1 atom stereocenters. The molecule has 0 aliphatic heterocycles. The van der Waals surface area contributed by atoms with Crippen molar-refractivity contribution < 1.29 is 24.3 Å². The molecular weight excluding hydrogens is 473 g/mol. The summed E-state index contributed by atoms with van der Waals surface area (Å²) in [6, 6.07) is 9.32. The Morgan fingerprint density at radius 1 is 1.03 bits per heavy atom. The van der Waals surface area contributed by atoms with Gasteiger partial charge in [-0.25, -0.2) is 4.79 Å². The maximum absolute atomic E-state index is 12.2. The molecule has 0 aliphatic carbocycles. The van der Waals surface area contributed by atoms with E-state index in [1.54, 1.807) is 18.2 Å². The largest absolute Gasteiger partial charge is 0.480 e. The number of aliphatic imine (C=N–C) groups is 1. The molecule has 0 radical (unpaired) electrons. The number of nitrogens with one attached hydrogen (secondary N) is 2. The van der Waals surface area contributed by atoms with Gasteiger partial charge < -0.3 is 21.9 Å². The monoisotopic (exact) mass is 493 g/mol. The third kappa shape index (κ3) is 8.09. The summed E-state index contributed by atoms with van der Waals surface area (Å²) in [5.41, 5.74) is 12.2. The molecule has 0 fully saturated rings. The summed E-state index contributed by atoms with van der Waals surface area (Å²) in [6.07, 6.45) is -0.776. The Bertz CT molecular complexity index is 1070. The Morgan fingerprint density at radius 3 is 2.21 bits per heavy atom. The summed E-state index contributed by atoms with van der Waals surface area (Å²) in [4.78, 5) is 51.3. The first-order chi connectivity index (χ1) is 15.6. The summed E-state index contributed by atoms with van der Waals surface area (Å²) in [7, 11) is 0. The number of benzene rings is 2. The molecule has 174 valence electrons. The van der Waals surface area contributed by atoms with Crippen molar-refractivity contribution in [2.24, 2.45) is 10.7 Å². The molecule has 0 aliphatic rings. The molecule has 3 amide bonds. The fraction of sp³-hybridized carbons (Fsp3) is 0.190. The van der Waals surface area contributed by atoms with Gasteiger partial charge in [0.1, 0.15) is 6.04 Å². The highest BCUT2D eigenvalue weighted by Crippen LogP contribution is 2.24. The lowest BCUT2D eigenvalue weighted by atomic mass is 10.1. The highest BCUT2D eigenvalue weighted by atomic mass is 35.5. The van der Waals surface area contributed by atoms with E-state index in [1.807, 2.05) is 0 Å². The van der Waals surface area contributed by atoms with Gasteiger partial charge in [0.2, 0.25) is 17.8 Å². The van der Waals surface area contributed by atoms with Crippen LogP contribution in [-0.4, -0.2) is 40.8 Å². The van der Waals surface area contributed by atoms with Crippen molar-refractivity contribution in [2.45, 2.75) is 25.3 Å². The minimum Gasteiger partial charge on any atom is -0.480 e. The Kier molecular flexibility index (Phi) is 9.19. The number of hydrogen-bond acceptors (Lipinski definition) is 5. The van der Waals surface area contributed by atoms with Gasteiger partial charge in [0.25, 0.3) is 5.91 Å². The molecule has 2 rings (SSSR count). The smallest absolute Gasteiger partial charge is 0.326 e. The van der Waals surface area contributed by atoms with Gasteiger partial charge in [0, 0.05) is 27.7 Å². The van der Waals surface area contributed by atoms with E-state index >= 15 is 0 Å². The van der Waals surface area contributed by atoms with Gasteiger partial charge in [0.15, 0.2) is 0 Å². The molecule has 10 nitrogen and oxygen atoms in total. The number of aliphatic carboxylic acids is 1. The first-order valence-corrected chi connectivity index (χ1v) is 10.3. The van der Waals surface area contributed by atoms with Gasteiger partial charge >= 0.3 is 5.97 Å². The molecule has 2 aromatic carbocycles. The molecule has 0 bridgehead atoms. The van der Waals surface area contributed by atoms with Crippen LogP contribution in [-0.2, 0) is 20.8 Å². The summed E-state index contributed by atoms with van der Waals surface area (Å²) in [5, 5.41) is 14.5. The van der Waals surface area contributed by atoms with Crippen LogP contribution >= 0.6 is 23.2 Å². The number of anilines is 1. The van der Waals surface area contributed by atoms with Crippen molar-refractivity contribution in [3.05, 3.63) is 63.6 Å². The van der Waals surface area contributed by atoms with Gasteiger partial charge in [-0.15, -0.1) is 0 Å². The maximum Gasteiger partial charge on any atom is 0.326 e. The number of halogens is 2. The summed E-state index contributed by atoms with van der Waals surface area (Å²) < 4.78 is 0. The second-order valence-corrected chi connectivity index (χ2v) is 7.66. The van der Waals surface area contributed by atoms with Gasteiger partial charge in [-0.1, -0.05) is 29.3 Å². The average molecular weight is 494 g/mol. The van der Waals surface area contributed by atoms with Crippen molar-refractivity contribution in [1.82, 2.24) is 10.6 Å². The number of rotatable bonds is 8. The Hall–Kier alpha value is -3.63. The van der Waals surface area contributed by atoms with Crippen LogP contribution in [0.25, 0.3) is 0 Å². The zero-order valence-corrected chi connectivity index (χ0v) is 18.7. The van der Waals surface area contributed by atoms with Gasteiger partial charge in [0.05, 0.1) is 6.42 Å². The maximum atomic E-state index is 12.2. The lowest BCUT2D eigenvalue weighted by molar-refractivity contribution is -0.139. The minimum absolute atomic E-state index is 0.193. The van der Waals surface area contributed by atoms with Crippen molar-refractivity contribution in [1.29, 1.82) is 0 Å². The summed E-state index contributed by atoms with van der Waals surface area (Å²) in [6.45, 7) is 0. The van der Waals surface area contributed by atoms with Crippen LogP contribution in [0.3, 0.4) is 0 Å². The van der Waals surface area contributed by atoms with Crippen molar-refractivity contribution in [3.63, 3.8) is 0 Å². The second kappa shape index (κ2) is 11.8. The van der Waals surface area contributed by atoms with Crippen molar-refractivity contribution in [3.8, 4) is 0 Å². The molecule has 0 heterocycles. The zero-order chi connectivity index (χ0) is 24.5. The zero-order valence-electron chi connectivity index (χ0n) is 17.2. The van der Waals surface area contributed by atoms with Crippen molar-refractivity contribution >= 4 is 58.5 Å². The highest BCUT2D eigenvalue weighted by molar-refractivity contribution is 6.36. The predicted octanol–water partition coefficient (Wildman–Crippen LogP) is 1.74. The van der Waals surface area contributed by atoms with E-state index in [2.05, 4.69) is 15.6 Å². The van der Waals surface area contributed by atoms with Crippen LogP contribution in [0, 0.1) is 0 Å². The van der Waals surface area contributed by atoms with Crippen LogP contribution in [0.1, 0.15) is 28.8 Å². The highest BCUT2D eigenvalue weighted by Gasteiger charge is 2.22. The third-order valence-electron chi connectivity index (χ3n) is 4.33. The van der Waals surface area contributed by atoms with E-state index < -0.39 is 35.7 Å². The molecule has 12 heteroatoms. The fourth-order valence-corrected chi connectivity index (χ4v) is 3.20. The van der Waals surface area contributed by atoms with Crippen LogP contribution in [0.2, 0.25) is 10.0 Å². The standard InChI is InChI=1S/C21H21Cl2N5O5/c22-14-2-1-3-15(23)13(14)10-18(30)28-21(25)27-17(29)9-8-16(20(32)33)26-19(31)11-4-6-12(24)7-5-11/h1-7,16H,8-10,24H2,(H,26,31)(H,32,33)(H3,25,27,28,29,30)/t16-/m0/s1. The van der Waals surface area contributed by atoms with E-state index in [-0.39, 0.29) is 24.8 Å². The number of carboxylic acid groups (broad SMARTS) is 1. The molecule has 2 aromatic rings. The van der Waals surface area contributed by atoms with Gasteiger partial charge in [-0.05, 0) is 48.4 Å². The minimum atomic E-state index is -1.34. The molecule has 0 saturated heterocycles. The fourth-order valence-electron chi connectivity index (χ4n) is 2.67. The van der Waals surface area contributed by atoms with Crippen molar-refractivity contribution in [2.75, 3.05) is 5.73 Å². The molecule has 7 N–H and O–H groups in total. The van der Waals surface area contributed by atoms with E-state index in [1.165, 1.54) is 24.3 Å². The van der Waals surface area contributed by atoms with E-state index in [4.69, 9.17) is 34.7 Å². The van der Waals surface area contributed by atoms with E-state index in [0.29, 0.717) is 21.3 Å². The average Bonchev–Trinajstić information content (AvgIpc) is 2.73. The Morgan fingerprint density at radius 2 is 1.64 bits per heavy atom. The lowest BCUT2D eigenvalue weighted by Crippen LogP contribution is -2.41. The molecule has 0 aromatic heterocycles. The molecule has 0 spiro atoms. The summed E-state index contributed by atoms with van der Waals surface area (Å²) in [5.74, 6) is -3.81. The Balaban J connectivity index is 1.90. The third-order valence-corrected chi connectivity index (χ3v) is 5.04. The number of hydrogen-bond donors (Lipinski definition) is 5. The number of nitrogens with two attached hydrogens (primary N) is 2. The molecule has 0 saturated carbocycles. The van der Waals surface area contributed by atoms with Crippen LogP contribution in [0.5, 0.6) is 0 Å². The number of carboxylic acids is 1. The van der Waals surface area contributed by atoms with Crippen LogP contribution in [0.4, 0.5) is 5.69 Å². The van der Waals surface area contributed by atoms with Gasteiger partial charge in [-0.3, -0.25) is 19.7 Å². The first-order valence-electron chi connectivity index (χ1n) is 9.55. The van der Waals surface area contributed by atoms with E-state index in [9.17, 15) is 24.3 Å². The number of nitrogens with zero attached hydrogens (tertiary/aromatic N) is 1. The lowest BCUT2D eigenvalue weighted by Gasteiger charge is -2.14. The number of amides is 3. The topological polar surface area (TPSA) is 177 Å². The quantitative estimate of drug-likeness (QED) is 0.211. The molecule has 0 unspecified atom stereocenters. The number of nitrogen functional groups attached to an aromatic ring is 1. The predicted molar refractivity (Wildman–Crippen MR) is 124 cm³/mol. The second-order valence-electron chi connectivity index (χ2n) is 6.84. The normalized spacial score (nSPS) is 12.0.